The molecule has 0 unspecified atom stereocenters. The van der Waals surface area contributed by atoms with Crippen LogP contribution in [-0.4, -0.2) is 5.78 Å². The molecule has 100 valence electrons. The molecule has 3 aromatic rings. The zero-order valence-electron chi connectivity index (χ0n) is 11.2. The van der Waals surface area contributed by atoms with Crippen LogP contribution in [0, 0.1) is 6.92 Å². The predicted octanol–water partition coefficient (Wildman–Crippen LogP) is 3.43. The van der Waals surface area contributed by atoms with Crippen LogP contribution in [0.2, 0.25) is 0 Å². The van der Waals surface area contributed by atoms with E-state index in [4.69, 9.17) is 10.2 Å². The van der Waals surface area contributed by atoms with Gasteiger partial charge in [0, 0.05) is 17.5 Å². The number of benzene rings is 2. The first-order chi connectivity index (χ1) is 9.69. The van der Waals surface area contributed by atoms with E-state index < -0.39 is 0 Å². The summed E-state index contributed by atoms with van der Waals surface area (Å²) in [5, 5.41) is 0.951. The molecule has 20 heavy (non-hydrogen) atoms. The number of nitrogens with two attached hydrogens (primary N) is 1. The fourth-order valence-electron chi connectivity index (χ4n) is 2.26. The molecule has 3 nitrogen and oxygen atoms in total. The number of rotatable bonds is 3. The summed E-state index contributed by atoms with van der Waals surface area (Å²) in [4.78, 5) is 12.4. The van der Waals surface area contributed by atoms with E-state index in [9.17, 15) is 4.79 Å². The number of carbonyl (C=O) groups excluding carboxylic acids is 1. The van der Waals surface area contributed by atoms with Gasteiger partial charge in [0.05, 0.1) is 0 Å². The Morgan fingerprint density at radius 2 is 1.90 bits per heavy atom. The van der Waals surface area contributed by atoms with Crippen LogP contribution < -0.4 is 5.73 Å². The Morgan fingerprint density at radius 3 is 2.55 bits per heavy atom. The van der Waals surface area contributed by atoms with E-state index in [-0.39, 0.29) is 5.78 Å². The first kappa shape index (κ1) is 12.6. The van der Waals surface area contributed by atoms with Crippen LogP contribution in [-0.2, 0) is 6.54 Å². The van der Waals surface area contributed by atoms with Crippen LogP contribution >= 0.6 is 0 Å². The summed E-state index contributed by atoms with van der Waals surface area (Å²) in [6, 6.07) is 15.0. The lowest BCUT2D eigenvalue weighted by atomic mass is 10.1. The highest BCUT2D eigenvalue weighted by Gasteiger charge is 2.15. The van der Waals surface area contributed by atoms with Crippen LogP contribution in [0.4, 0.5) is 0 Å². The van der Waals surface area contributed by atoms with E-state index in [1.54, 1.807) is 18.2 Å². The number of hydrogen-bond acceptors (Lipinski definition) is 3. The standard InChI is InChI=1S/C17H15NO2/c1-11-3-2-4-14-9-15(20-17(11)14)16(19)13-7-5-12(10-18)6-8-13/h2-9H,10,18H2,1H3. The van der Waals surface area contributed by atoms with Crippen molar-refractivity contribution in [1.29, 1.82) is 0 Å². The van der Waals surface area contributed by atoms with Crippen molar-refractivity contribution in [1.82, 2.24) is 0 Å². The summed E-state index contributed by atoms with van der Waals surface area (Å²) in [7, 11) is 0. The Kier molecular flexibility index (Phi) is 3.12. The fraction of sp³-hybridized carbons (Fsp3) is 0.118. The van der Waals surface area contributed by atoms with Gasteiger partial charge in [-0.1, -0.05) is 42.5 Å². The highest BCUT2D eigenvalue weighted by Crippen LogP contribution is 2.24. The van der Waals surface area contributed by atoms with Crippen molar-refractivity contribution in [3.8, 4) is 0 Å². The van der Waals surface area contributed by atoms with Crippen LogP contribution in [0.15, 0.2) is 52.9 Å². The minimum Gasteiger partial charge on any atom is -0.452 e. The minimum absolute atomic E-state index is 0.107. The third-order valence-electron chi connectivity index (χ3n) is 3.42. The predicted molar refractivity (Wildman–Crippen MR) is 78.7 cm³/mol. The molecule has 0 atom stereocenters. The molecule has 0 radical (unpaired) electrons. The van der Waals surface area contributed by atoms with Crippen molar-refractivity contribution >= 4 is 16.8 Å². The molecule has 2 aromatic carbocycles. The molecule has 3 heteroatoms. The molecule has 0 aliphatic carbocycles. The number of carbonyl (C=O) groups is 1. The van der Waals surface area contributed by atoms with Gasteiger partial charge in [0.1, 0.15) is 5.58 Å². The Bertz CT molecular complexity index is 769. The average Bonchev–Trinajstić information content (AvgIpc) is 2.92. The highest BCUT2D eigenvalue weighted by molar-refractivity contribution is 6.09. The van der Waals surface area contributed by atoms with Crippen molar-refractivity contribution < 1.29 is 9.21 Å². The van der Waals surface area contributed by atoms with E-state index in [0.29, 0.717) is 17.9 Å². The van der Waals surface area contributed by atoms with Gasteiger partial charge in [0.2, 0.25) is 5.78 Å². The summed E-state index contributed by atoms with van der Waals surface area (Å²) in [5.74, 6) is 0.263. The zero-order chi connectivity index (χ0) is 14.1. The zero-order valence-corrected chi connectivity index (χ0v) is 11.2. The second-order valence-electron chi connectivity index (χ2n) is 4.83. The molecule has 1 heterocycles. The molecule has 0 bridgehead atoms. The van der Waals surface area contributed by atoms with E-state index in [2.05, 4.69) is 0 Å². The molecule has 3 rings (SSSR count). The number of ketones is 1. The summed E-state index contributed by atoms with van der Waals surface area (Å²) in [5.41, 5.74) is 8.96. The topological polar surface area (TPSA) is 56.2 Å². The van der Waals surface area contributed by atoms with Crippen molar-refractivity contribution in [3.05, 3.63) is 71.0 Å². The van der Waals surface area contributed by atoms with Gasteiger partial charge in [0.15, 0.2) is 5.76 Å². The highest BCUT2D eigenvalue weighted by atomic mass is 16.3. The summed E-state index contributed by atoms with van der Waals surface area (Å²) >= 11 is 0. The van der Waals surface area contributed by atoms with Crippen molar-refractivity contribution in [2.75, 3.05) is 0 Å². The van der Waals surface area contributed by atoms with Crippen LogP contribution in [0.1, 0.15) is 27.2 Å². The summed E-state index contributed by atoms with van der Waals surface area (Å²) < 4.78 is 5.70. The SMILES string of the molecule is Cc1cccc2cc(C(=O)c3ccc(CN)cc3)oc12. The van der Waals surface area contributed by atoms with E-state index in [0.717, 1.165) is 22.1 Å². The largest absolute Gasteiger partial charge is 0.452 e. The maximum Gasteiger partial charge on any atom is 0.228 e. The Labute approximate surface area is 117 Å². The van der Waals surface area contributed by atoms with Gasteiger partial charge in [-0.3, -0.25) is 4.79 Å². The van der Waals surface area contributed by atoms with Crippen molar-refractivity contribution in [2.24, 2.45) is 5.73 Å². The molecule has 1 aromatic heterocycles. The number of para-hydroxylation sites is 1. The Morgan fingerprint density at radius 1 is 1.15 bits per heavy atom. The Balaban J connectivity index is 2.01. The van der Waals surface area contributed by atoms with Gasteiger partial charge in [-0.15, -0.1) is 0 Å². The third-order valence-corrected chi connectivity index (χ3v) is 3.42. The monoisotopic (exact) mass is 265 g/mol. The van der Waals surface area contributed by atoms with E-state index >= 15 is 0 Å². The van der Waals surface area contributed by atoms with Gasteiger partial charge in [-0.05, 0) is 24.1 Å². The molecular weight excluding hydrogens is 250 g/mol. The first-order valence-corrected chi connectivity index (χ1v) is 6.52. The fourth-order valence-corrected chi connectivity index (χ4v) is 2.26. The minimum atomic E-state index is -0.107. The number of furan rings is 1. The number of fused-ring (bicyclic) bond motifs is 1. The number of hydrogen-bond donors (Lipinski definition) is 1. The van der Waals surface area contributed by atoms with Crippen molar-refractivity contribution in [3.63, 3.8) is 0 Å². The quantitative estimate of drug-likeness (QED) is 0.738. The average molecular weight is 265 g/mol. The molecular formula is C17H15NO2. The third kappa shape index (κ3) is 2.12. The van der Waals surface area contributed by atoms with Gasteiger partial charge >= 0.3 is 0 Å². The van der Waals surface area contributed by atoms with Crippen LogP contribution in [0.3, 0.4) is 0 Å². The number of aryl methyl sites for hydroxylation is 1. The second-order valence-corrected chi connectivity index (χ2v) is 4.83. The molecule has 0 aliphatic heterocycles. The molecule has 0 saturated heterocycles. The summed E-state index contributed by atoms with van der Waals surface area (Å²) in [6.07, 6.45) is 0. The van der Waals surface area contributed by atoms with E-state index in [1.165, 1.54) is 0 Å². The smallest absolute Gasteiger partial charge is 0.228 e. The summed E-state index contributed by atoms with van der Waals surface area (Å²) in [6.45, 7) is 2.44. The lowest BCUT2D eigenvalue weighted by Crippen LogP contribution is -2.01. The van der Waals surface area contributed by atoms with Crippen LogP contribution in [0.5, 0.6) is 0 Å². The lowest BCUT2D eigenvalue weighted by molar-refractivity contribution is 0.101. The molecule has 0 spiro atoms. The first-order valence-electron chi connectivity index (χ1n) is 6.52. The van der Waals surface area contributed by atoms with Crippen LogP contribution in [0.25, 0.3) is 11.0 Å². The van der Waals surface area contributed by atoms with E-state index in [1.807, 2.05) is 37.3 Å². The van der Waals surface area contributed by atoms with Gasteiger partial charge in [0.25, 0.3) is 0 Å². The maximum absolute atomic E-state index is 12.4. The lowest BCUT2D eigenvalue weighted by Gasteiger charge is -1.99. The molecule has 0 amide bonds. The Hall–Kier alpha value is -2.39. The molecule has 0 aliphatic rings. The van der Waals surface area contributed by atoms with Crippen molar-refractivity contribution in [2.45, 2.75) is 13.5 Å². The maximum atomic E-state index is 12.4. The van der Waals surface area contributed by atoms with Gasteiger partial charge < -0.3 is 10.2 Å². The molecule has 0 fully saturated rings. The normalized spacial score (nSPS) is 10.9. The second kappa shape index (κ2) is 4.94. The molecule has 2 N–H and O–H groups in total. The molecule has 0 saturated carbocycles. The van der Waals surface area contributed by atoms with Gasteiger partial charge in [-0.2, -0.15) is 0 Å². The van der Waals surface area contributed by atoms with Gasteiger partial charge in [-0.25, -0.2) is 0 Å².